The second-order valence-corrected chi connectivity index (χ2v) is 4.28. The lowest BCUT2D eigenvalue weighted by Crippen LogP contribution is -2.04. The molecule has 2 aromatic carbocycles. The lowest BCUT2D eigenvalue weighted by Gasteiger charge is -2.09. The van der Waals surface area contributed by atoms with E-state index >= 15 is 0 Å². The molecule has 0 aliphatic heterocycles. The van der Waals surface area contributed by atoms with E-state index in [9.17, 15) is 0 Å². The second kappa shape index (κ2) is 6.43. The first kappa shape index (κ1) is 14.6. The molecule has 0 heterocycles. The van der Waals surface area contributed by atoms with Gasteiger partial charge in [-0.25, -0.2) is 0 Å². The minimum atomic E-state index is 0. The van der Waals surface area contributed by atoms with Gasteiger partial charge in [0.2, 0.25) is 0 Å². The van der Waals surface area contributed by atoms with Gasteiger partial charge in [0.25, 0.3) is 0 Å². The monoisotopic (exact) mass is 263 g/mol. The van der Waals surface area contributed by atoms with Crippen molar-refractivity contribution in [3.8, 4) is 11.5 Å². The van der Waals surface area contributed by atoms with Gasteiger partial charge in [-0.05, 0) is 49.2 Å². The van der Waals surface area contributed by atoms with Crippen LogP contribution in [-0.4, -0.2) is 0 Å². The third-order valence-corrected chi connectivity index (χ3v) is 2.63. The maximum atomic E-state index is 5.80. The smallest absolute Gasteiger partial charge is 0.127 e. The third-order valence-electron chi connectivity index (χ3n) is 2.63. The van der Waals surface area contributed by atoms with Gasteiger partial charge in [0.15, 0.2) is 0 Å². The van der Waals surface area contributed by atoms with E-state index < -0.39 is 0 Å². The molecule has 1 unspecified atom stereocenters. The Kier molecular flexibility index (Phi) is 5.20. The first-order valence-electron chi connectivity index (χ1n) is 5.75. The summed E-state index contributed by atoms with van der Waals surface area (Å²) in [6.07, 6.45) is 0. The summed E-state index contributed by atoms with van der Waals surface area (Å²) in [5, 5.41) is 0. The van der Waals surface area contributed by atoms with Gasteiger partial charge in [0.1, 0.15) is 11.5 Å². The Labute approximate surface area is 114 Å². The van der Waals surface area contributed by atoms with Crippen LogP contribution in [0.1, 0.15) is 24.1 Å². The quantitative estimate of drug-likeness (QED) is 0.899. The summed E-state index contributed by atoms with van der Waals surface area (Å²) in [7, 11) is 0. The summed E-state index contributed by atoms with van der Waals surface area (Å²) in [4.78, 5) is 0. The van der Waals surface area contributed by atoms with Crippen LogP contribution in [0.4, 0.5) is 0 Å². The van der Waals surface area contributed by atoms with E-state index in [0.717, 1.165) is 17.1 Å². The van der Waals surface area contributed by atoms with Crippen molar-refractivity contribution in [3.05, 3.63) is 59.7 Å². The molecule has 2 nitrogen and oxygen atoms in total. The van der Waals surface area contributed by atoms with E-state index in [4.69, 9.17) is 10.5 Å². The molecule has 0 saturated heterocycles. The fourth-order valence-corrected chi connectivity index (χ4v) is 1.65. The molecule has 0 saturated carbocycles. The predicted octanol–water partition coefficient (Wildman–Crippen LogP) is 4.23. The molecule has 3 heteroatoms. The van der Waals surface area contributed by atoms with Gasteiger partial charge in [-0.15, -0.1) is 12.4 Å². The van der Waals surface area contributed by atoms with E-state index in [0.29, 0.717) is 0 Å². The minimum Gasteiger partial charge on any atom is -0.457 e. The van der Waals surface area contributed by atoms with E-state index in [1.165, 1.54) is 5.56 Å². The van der Waals surface area contributed by atoms with E-state index in [-0.39, 0.29) is 18.4 Å². The molecule has 0 bridgehead atoms. The van der Waals surface area contributed by atoms with Gasteiger partial charge in [-0.2, -0.15) is 0 Å². The molecule has 1 atom stereocenters. The Morgan fingerprint density at radius 3 is 2.22 bits per heavy atom. The van der Waals surface area contributed by atoms with Crippen molar-refractivity contribution in [2.45, 2.75) is 19.9 Å². The largest absolute Gasteiger partial charge is 0.457 e. The highest BCUT2D eigenvalue weighted by molar-refractivity contribution is 5.85. The highest BCUT2D eigenvalue weighted by Gasteiger charge is 2.00. The Balaban J connectivity index is 0.00000162. The van der Waals surface area contributed by atoms with Crippen molar-refractivity contribution in [3.63, 3.8) is 0 Å². The molecule has 0 amide bonds. The number of rotatable bonds is 3. The Morgan fingerprint density at radius 2 is 1.67 bits per heavy atom. The van der Waals surface area contributed by atoms with E-state index in [1.807, 2.05) is 62.4 Å². The molecule has 0 aliphatic carbocycles. The molecule has 2 rings (SSSR count). The first-order chi connectivity index (χ1) is 8.15. The molecule has 2 aromatic rings. The van der Waals surface area contributed by atoms with Crippen LogP contribution in [0.15, 0.2) is 48.5 Å². The second-order valence-electron chi connectivity index (χ2n) is 4.28. The summed E-state index contributed by atoms with van der Waals surface area (Å²) in [6.45, 7) is 4.02. The molecule has 0 fully saturated rings. The fraction of sp³-hybridized carbons (Fsp3) is 0.200. The Bertz CT molecular complexity index is 494. The van der Waals surface area contributed by atoms with Gasteiger partial charge < -0.3 is 10.5 Å². The minimum absolute atomic E-state index is 0. The molecular weight excluding hydrogens is 246 g/mol. The molecular formula is C15H18ClNO. The van der Waals surface area contributed by atoms with Crippen LogP contribution in [0.3, 0.4) is 0 Å². The predicted molar refractivity (Wildman–Crippen MR) is 77.5 cm³/mol. The van der Waals surface area contributed by atoms with Crippen LogP contribution in [0.25, 0.3) is 0 Å². The number of hydrogen-bond acceptors (Lipinski definition) is 2. The molecule has 96 valence electrons. The van der Waals surface area contributed by atoms with Crippen LogP contribution < -0.4 is 10.5 Å². The van der Waals surface area contributed by atoms with Crippen LogP contribution >= 0.6 is 12.4 Å². The highest BCUT2D eigenvalue weighted by Crippen LogP contribution is 2.23. The number of benzene rings is 2. The maximum absolute atomic E-state index is 5.80. The van der Waals surface area contributed by atoms with E-state index in [2.05, 4.69) is 0 Å². The first-order valence-corrected chi connectivity index (χ1v) is 5.75. The molecule has 0 aromatic heterocycles. The van der Waals surface area contributed by atoms with Crippen LogP contribution in [0, 0.1) is 6.92 Å². The number of aryl methyl sites for hydroxylation is 1. The molecule has 0 radical (unpaired) electrons. The van der Waals surface area contributed by atoms with Gasteiger partial charge in [0, 0.05) is 6.04 Å². The lowest BCUT2D eigenvalue weighted by molar-refractivity contribution is 0.482. The van der Waals surface area contributed by atoms with Crippen molar-refractivity contribution in [2.75, 3.05) is 0 Å². The summed E-state index contributed by atoms with van der Waals surface area (Å²) >= 11 is 0. The zero-order chi connectivity index (χ0) is 12.3. The van der Waals surface area contributed by atoms with Gasteiger partial charge in [-0.3, -0.25) is 0 Å². The summed E-state index contributed by atoms with van der Waals surface area (Å²) in [5.74, 6) is 1.69. The molecule has 18 heavy (non-hydrogen) atoms. The maximum Gasteiger partial charge on any atom is 0.127 e. The highest BCUT2D eigenvalue weighted by atomic mass is 35.5. The van der Waals surface area contributed by atoms with Gasteiger partial charge in [0.05, 0.1) is 0 Å². The Morgan fingerprint density at radius 1 is 1.00 bits per heavy atom. The lowest BCUT2D eigenvalue weighted by atomic mass is 10.1. The van der Waals surface area contributed by atoms with Crippen molar-refractivity contribution in [1.82, 2.24) is 0 Å². The number of halogens is 1. The molecule has 2 N–H and O–H groups in total. The summed E-state index contributed by atoms with van der Waals surface area (Å²) in [6, 6.07) is 15.9. The van der Waals surface area contributed by atoms with Crippen LogP contribution in [-0.2, 0) is 0 Å². The molecule has 0 spiro atoms. The van der Waals surface area contributed by atoms with Crippen molar-refractivity contribution >= 4 is 12.4 Å². The summed E-state index contributed by atoms with van der Waals surface area (Å²) < 4.78 is 5.75. The molecule has 0 aliphatic rings. The summed E-state index contributed by atoms with van der Waals surface area (Å²) in [5.41, 5.74) is 8.10. The van der Waals surface area contributed by atoms with Crippen molar-refractivity contribution in [2.24, 2.45) is 5.73 Å². The van der Waals surface area contributed by atoms with E-state index in [1.54, 1.807) is 0 Å². The Hall–Kier alpha value is -1.51. The van der Waals surface area contributed by atoms with Gasteiger partial charge >= 0.3 is 0 Å². The van der Waals surface area contributed by atoms with Crippen molar-refractivity contribution < 1.29 is 4.74 Å². The standard InChI is InChI=1S/C15H17NO.ClH/c1-11-4-3-5-15(10-11)17-14-8-6-13(7-9-14)12(2)16;/h3-10,12H,16H2,1-2H3;1H. The topological polar surface area (TPSA) is 35.2 Å². The fourth-order valence-electron chi connectivity index (χ4n) is 1.65. The van der Waals surface area contributed by atoms with Crippen molar-refractivity contribution in [1.29, 1.82) is 0 Å². The number of ether oxygens (including phenoxy) is 1. The number of nitrogens with two attached hydrogens (primary N) is 1. The third kappa shape index (κ3) is 3.76. The van der Waals surface area contributed by atoms with Crippen LogP contribution in [0.2, 0.25) is 0 Å². The zero-order valence-electron chi connectivity index (χ0n) is 10.6. The van der Waals surface area contributed by atoms with Gasteiger partial charge in [-0.1, -0.05) is 24.3 Å². The normalized spacial score (nSPS) is 11.5. The zero-order valence-corrected chi connectivity index (χ0v) is 11.4. The van der Waals surface area contributed by atoms with Crippen LogP contribution in [0.5, 0.6) is 11.5 Å². The average Bonchev–Trinajstić information content (AvgIpc) is 2.29. The number of hydrogen-bond donors (Lipinski definition) is 1. The average molecular weight is 264 g/mol. The SMILES string of the molecule is Cc1cccc(Oc2ccc(C(C)N)cc2)c1.Cl.